The Morgan fingerprint density at radius 3 is 2.35 bits per heavy atom. The molecule has 0 saturated carbocycles. The van der Waals surface area contributed by atoms with Gasteiger partial charge in [0.2, 0.25) is 17.7 Å². The number of carbonyl (C=O) groups excluding carboxylic acids is 3. The molecule has 7 nitrogen and oxygen atoms in total. The number of para-hydroxylation sites is 1. The number of aromatic nitrogens is 1. The highest BCUT2D eigenvalue weighted by atomic mass is 32.2. The summed E-state index contributed by atoms with van der Waals surface area (Å²) in [4.78, 5) is 54.2. The van der Waals surface area contributed by atoms with Crippen molar-refractivity contribution < 1.29 is 14.4 Å². The van der Waals surface area contributed by atoms with E-state index in [4.69, 9.17) is 0 Å². The fourth-order valence-corrected chi connectivity index (χ4v) is 7.62. The minimum absolute atomic E-state index is 0.163. The van der Waals surface area contributed by atoms with Crippen molar-refractivity contribution in [3.8, 4) is 0 Å². The van der Waals surface area contributed by atoms with Gasteiger partial charge in [0.05, 0.1) is 16.6 Å². The van der Waals surface area contributed by atoms with E-state index in [1.165, 1.54) is 21.2 Å². The molecular weight excluding hydrogens is 470 g/mol. The van der Waals surface area contributed by atoms with Gasteiger partial charge in [-0.05, 0) is 31.2 Å². The minimum atomic E-state index is -0.732. The van der Waals surface area contributed by atoms with E-state index in [9.17, 15) is 19.2 Å². The zero-order chi connectivity index (χ0) is 24.2. The minimum Gasteiger partial charge on any atom is -0.325 e. The second-order valence-electron chi connectivity index (χ2n) is 9.09. The molecule has 0 bridgehead atoms. The summed E-state index contributed by atoms with van der Waals surface area (Å²) in [6.45, 7) is 5.59. The fraction of sp³-hybridized carbons (Fsp3) is 0.280. The van der Waals surface area contributed by atoms with E-state index in [1.54, 1.807) is 24.3 Å². The van der Waals surface area contributed by atoms with Gasteiger partial charge in [0.1, 0.15) is 11.8 Å². The molecule has 2 aliphatic rings. The summed E-state index contributed by atoms with van der Waals surface area (Å²) in [6, 6.07) is 16.3. The number of fused-ring (bicyclic) bond motifs is 2. The van der Waals surface area contributed by atoms with Gasteiger partial charge in [-0.1, -0.05) is 72.8 Å². The molecule has 1 fully saturated rings. The van der Waals surface area contributed by atoms with Crippen LogP contribution in [0.25, 0.3) is 0 Å². The lowest BCUT2D eigenvalue weighted by atomic mass is 9.76. The SMILES string of the molecule is Cc1ccc(NC(=O)Cn2c3c(sc2=O)C(C)(C)[C@H]2C(=O)N(c4ccccc4)C(=O)[C@H]2S3)cc1. The lowest BCUT2D eigenvalue weighted by Gasteiger charge is -2.36. The number of thiazole rings is 1. The van der Waals surface area contributed by atoms with Crippen LogP contribution in [0.15, 0.2) is 64.4 Å². The Kier molecular flexibility index (Phi) is 5.49. The van der Waals surface area contributed by atoms with Crippen molar-refractivity contribution in [1.82, 2.24) is 4.57 Å². The van der Waals surface area contributed by atoms with Crippen molar-refractivity contribution in [2.24, 2.45) is 5.92 Å². The van der Waals surface area contributed by atoms with Crippen LogP contribution in [0.2, 0.25) is 0 Å². The van der Waals surface area contributed by atoms with Crippen LogP contribution in [0.5, 0.6) is 0 Å². The molecule has 1 N–H and O–H groups in total. The maximum Gasteiger partial charge on any atom is 0.308 e. The number of hydrogen-bond acceptors (Lipinski definition) is 6. The molecule has 2 aromatic carbocycles. The van der Waals surface area contributed by atoms with E-state index < -0.39 is 16.6 Å². The molecule has 174 valence electrons. The van der Waals surface area contributed by atoms with E-state index in [1.807, 2.05) is 51.1 Å². The van der Waals surface area contributed by atoms with E-state index >= 15 is 0 Å². The molecule has 1 saturated heterocycles. The van der Waals surface area contributed by atoms with Gasteiger partial charge in [-0.15, -0.1) is 0 Å². The first kappa shape index (κ1) is 22.6. The second kappa shape index (κ2) is 8.25. The largest absolute Gasteiger partial charge is 0.325 e. The van der Waals surface area contributed by atoms with Crippen molar-refractivity contribution in [3.63, 3.8) is 0 Å². The van der Waals surface area contributed by atoms with Crippen molar-refractivity contribution >= 4 is 52.2 Å². The molecule has 3 heterocycles. The highest BCUT2D eigenvalue weighted by Gasteiger charge is 2.59. The van der Waals surface area contributed by atoms with Crippen LogP contribution in [-0.2, 0) is 26.3 Å². The van der Waals surface area contributed by atoms with E-state index in [2.05, 4.69) is 5.32 Å². The topological polar surface area (TPSA) is 88.5 Å². The summed E-state index contributed by atoms with van der Waals surface area (Å²) in [5, 5.41) is 2.76. The molecule has 2 atom stereocenters. The van der Waals surface area contributed by atoms with Crippen LogP contribution in [0.4, 0.5) is 11.4 Å². The smallest absolute Gasteiger partial charge is 0.308 e. The average molecular weight is 494 g/mol. The molecule has 0 unspecified atom stereocenters. The molecule has 3 aromatic rings. The van der Waals surface area contributed by atoms with Crippen molar-refractivity contribution in [3.05, 3.63) is 74.7 Å². The van der Waals surface area contributed by atoms with E-state index in [0.29, 0.717) is 16.4 Å². The van der Waals surface area contributed by atoms with Crippen LogP contribution in [0, 0.1) is 12.8 Å². The average Bonchev–Trinajstić information content (AvgIpc) is 3.25. The van der Waals surface area contributed by atoms with Crippen LogP contribution >= 0.6 is 23.1 Å². The van der Waals surface area contributed by atoms with Gasteiger partial charge in [-0.25, -0.2) is 4.90 Å². The number of thioether (sulfide) groups is 1. The summed E-state index contributed by atoms with van der Waals surface area (Å²) in [6.07, 6.45) is 0. The first-order valence-electron chi connectivity index (χ1n) is 10.9. The van der Waals surface area contributed by atoms with Crippen molar-refractivity contribution in [2.75, 3.05) is 10.2 Å². The van der Waals surface area contributed by atoms with Crippen molar-refractivity contribution in [1.29, 1.82) is 0 Å². The number of anilines is 2. The molecule has 9 heteroatoms. The molecule has 5 rings (SSSR count). The third kappa shape index (κ3) is 3.59. The zero-order valence-electron chi connectivity index (χ0n) is 18.9. The summed E-state index contributed by atoms with van der Waals surface area (Å²) in [7, 11) is 0. The lowest BCUT2D eigenvalue weighted by molar-refractivity contribution is -0.123. The van der Waals surface area contributed by atoms with Gasteiger partial charge in [0.15, 0.2) is 0 Å². The first-order chi connectivity index (χ1) is 16.2. The molecule has 3 amide bonds. The Bertz CT molecular complexity index is 1360. The number of aryl methyl sites for hydroxylation is 1. The normalized spacial score (nSPS) is 20.7. The number of carbonyl (C=O) groups is 3. The third-order valence-corrected chi connectivity index (χ3v) is 9.18. The third-order valence-electron chi connectivity index (χ3n) is 6.35. The maximum absolute atomic E-state index is 13.4. The highest BCUT2D eigenvalue weighted by molar-refractivity contribution is 8.00. The zero-order valence-corrected chi connectivity index (χ0v) is 20.5. The Labute approximate surface area is 204 Å². The number of imide groups is 1. The van der Waals surface area contributed by atoms with E-state index in [-0.39, 0.29) is 29.1 Å². The first-order valence-corrected chi connectivity index (χ1v) is 12.6. The molecule has 0 radical (unpaired) electrons. The van der Waals surface area contributed by atoms with Gasteiger partial charge in [-0.2, -0.15) is 0 Å². The lowest BCUT2D eigenvalue weighted by Crippen LogP contribution is -2.41. The molecule has 34 heavy (non-hydrogen) atoms. The van der Waals surface area contributed by atoms with Gasteiger partial charge in [-0.3, -0.25) is 23.7 Å². The molecule has 0 spiro atoms. The quantitative estimate of drug-likeness (QED) is 0.559. The van der Waals surface area contributed by atoms with E-state index in [0.717, 1.165) is 21.8 Å². The second-order valence-corrected chi connectivity index (χ2v) is 11.2. The number of hydrogen-bond donors (Lipinski definition) is 1. The Morgan fingerprint density at radius 1 is 1.00 bits per heavy atom. The standard InChI is InChI=1S/C25H23N3O4S2/c1-14-9-11-15(12-10-14)26-17(29)13-27-23-20(34-24(27)32)25(2,3)18-19(33-23)22(31)28(21(18)30)16-7-5-4-6-8-16/h4-12,18-19H,13H2,1-3H3,(H,26,29)/t18-,19+/m1/s1. The van der Waals surface area contributed by atoms with Gasteiger partial charge >= 0.3 is 4.87 Å². The molecule has 0 aliphatic carbocycles. The predicted octanol–water partition coefficient (Wildman–Crippen LogP) is 3.80. The highest BCUT2D eigenvalue weighted by Crippen LogP contribution is 2.54. The van der Waals surface area contributed by atoms with Crippen molar-refractivity contribution in [2.45, 2.75) is 43.0 Å². The molecular formula is C25H23N3O4S2. The number of amides is 3. The predicted molar refractivity (Wildman–Crippen MR) is 133 cm³/mol. The Balaban J connectivity index is 1.47. The van der Waals surface area contributed by atoms with Crippen LogP contribution in [0.1, 0.15) is 24.3 Å². The molecule has 2 aliphatic heterocycles. The fourth-order valence-electron chi connectivity index (χ4n) is 4.58. The number of benzene rings is 2. The van der Waals surface area contributed by atoms with Crippen LogP contribution in [0.3, 0.4) is 0 Å². The number of nitrogens with one attached hydrogen (secondary N) is 1. The van der Waals surface area contributed by atoms with Crippen LogP contribution in [-0.4, -0.2) is 27.5 Å². The van der Waals surface area contributed by atoms with Gasteiger partial charge in [0.25, 0.3) is 0 Å². The van der Waals surface area contributed by atoms with Crippen LogP contribution < -0.4 is 15.1 Å². The van der Waals surface area contributed by atoms with Gasteiger partial charge < -0.3 is 5.32 Å². The summed E-state index contributed by atoms with van der Waals surface area (Å²) >= 11 is 2.27. The number of rotatable bonds is 4. The monoisotopic (exact) mass is 493 g/mol. The van der Waals surface area contributed by atoms with Gasteiger partial charge in [0, 0.05) is 16.0 Å². The molecule has 1 aromatic heterocycles. The Hall–Kier alpha value is -3.17. The Morgan fingerprint density at radius 2 is 1.68 bits per heavy atom. The summed E-state index contributed by atoms with van der Waals surface area (Å²) in [5.41, 5.74) is 1.54. The number of nitrogens with zero attached hydrogens (tertiary/aromatic N) is 2. The summed E-state index contributed by atoms with van der Waals surface area (Å²) < 4.78 is 1.43. The maximum atomic E-state index is 13.4. The summed E-state index contributed by atoms with van der Waals surface area (Å²) in [5.74, 6) is -1.47.